The molecular weight excluding hydrogens is 456 g/mol. The third-order valence-corrected chi connectivity index (χ3v) is 7.70. The Morgan fingerprint density at radius 1 is 1.00 bits per heavy atom. The number of carbonyl (C=O) groups is 1. The number of ether oxygens (including phenoxy) is 1. The van der Waals surface area contributed by atoms with E-state index in [0.29, 0.717) is 18.0 Å². The molecule has 0 unspecified atom stereocenters. The highest BCUT2D eigenvalue weighted by Crippen LogP contribution is 2.26. The zero-order chi connectivity index (χ0) is 23.7. The number of carbonyl (C=O) groups excluding carboxylic acids is 1. The lowest BCUT2D eigenvalue weighted by Gasteiger charge is -2.24. The zero-order valence-electron chi connectivity index (χ0n) is 18.7. The number of nitrogens with zero attached hydrogens (tertiary/aromatic N) is 1. The van der Waals surface area contributed by atoms with Crippen LogP contribution in [0.2, 0.25) is 0 Å². The molecule has 174 valence electrons. The summed E-state index contributed by atoms with van der Waals surface area (Å²) in [7, 11) is -2.43. The molecule has 0 saturated heterocycles. The van der Waals surface area contributed by atoms with Crippen molar-refractivity contribution in [3.05, 3.63) is 90.0 Å². The molecule has 3 aromatic rings. The molecule has 1 amide bonds. The molecule has 0 aromatic heterocycles. The van der Waals surface area contributed by atoms with Crippen LogP contribution >= 0.6 is 11.8 Å². The van der Waals surface area contributed by atoms with Gasteiger partial charge in [0.05, 0.1) is 17.7 Å². The van der Waals surface area contributed by atoms with Crippen molar-refractivity contribution in [3.63, 3.8) is 0 Å². The number of benzene rings is 3. The second-order valence-corrected chi connectivity index (χ2v) is 10.4. The van der Waals surface area contributed by atoms with Crippen molar-refractivity contribution in [2.75, 3.05) is 30.3 Å². The Balaban J connectivity index is 1.65. The maximum absolute atomic E-state index is 13.3. The van der Waals surface area contributed by atoms with Crippen molar-refractivity contribution in [2.24, 2.45) is 0 Å². The van der Waals surface area contributed by atoms with Crippen LogP contribution in [0.4, 0.5) is 5.69 Å². The van der Waals surface area contributed by atoms with Gasteiger partial charge in [-0.25, -0.2) is 8.42 Å². The number of hydrogen-bond donors (Lipinski definition) is 1. The van der Waals surface area contributed by atoms with Crippen LogP contribution in [-0.2, 0) is 20.6 Å². The van der Waals surface area contributed by atoms with Gasteiger partial charge in [-0.3, -0.25) is 9.10 Å². The summed E-state index contributed by atoms with van der Waals surface area (Å²) in [6.45, 7) is 2.19. The lowest BCUT2D eigenvalue weighted by atomic mass is 10.2. The molecule has 0 spiro atoms. The zero-order valence-corrected chi connectivity index (χ0v) is 20.4. The first-order valence-corrected chi connectivity index (χ1v) is 13.1. The fourth-order valence-electron chi connectivity index (χ4n) is 3.24. The summed E-state index contributed by atoms with van der Waals surface area (Å²) in [5, 5.41) is 2.84. The molecule has 0 bridgehead atoms. The van der Waals surface area contributed by atoms with E-state index in [1.807, 2.05) is 6.07 Å². The molecule has 8 heteroatoms. The first-order valence-electron chi connectivity index (χ1n) is 10.5. The van der Waals surface area contributed by atoms with Crippen LogP contribution in [0.15, 0.2) is 83.8 Å². The van der Waals surface area contributed by atoms with E-state index in [4.69, 9.17) is 4.74 Å². The third-order valence-electron chi connectivity index (χ3n) is 4.88. The van der Waals surface area contributed by atoms with Crippen molar-refractivity contribution >= 4 is 33.4 Å². The van der Waals surface area contributed by atoms with Crippen LogP contribution in [0.25, 0.3) is 0 Å². The summed E-state index contributed by atoms with van der Waals surface area (Å²) >= 11 is 1.72. The summed E-state index contributed by atoms with van der Waals surface area (Å²) in [5.74, 6) is 1.72. The van der Waals surface area contributed by atoms with Crippen LogP contribution in [0, 0.1) is 6.92 Å². The van der Waals surface area contributed by atoms with E-state index in [-0.39, 0.29) is 17.3 Å². The predicted molar refractivity (Wildman–Crippen MR) is 134 cm³/mol. The number of aryl methyl sites for hydroxylation is 1. The van der Waals surface area contributed by atoms with Crippen LogP contribution in [0.1, 0.15) is 11.1 Å². The summed E-state index contributed by atoms with van der Waals surface area (Å²) < 4.78 is 33.0. The van der Waals surface area contributed by atoms with Crippen LogP contribution in [0.5, 0.6) is 5.75 Å². The molecule has 1 N–H and O–H groups in total. The molecule has 0 radical (unpaired) electrons. The van der Waals surface area contributed by atoms with Gasteiger partial charge in [0.15, 0.2) is 0 Å². The number of sulfonamides is 1. The van der Waals surface area contributed by atoms with E-state index >= 15 is 0 Å². The van der Waals surface area contributed by atoms with Crippen molar-refractivity contribution in [2.45, 2.75) is 17.6 Å². The smallest absolute Gasteiger partial charge is 0.264 e. The van der Waals surface area contributed by atoms with Gasteiger partial charge < -0.3 is 10.1 Å². The van der Waals surface area contributed by atoms with E-state index in [1.165, 1.54) is 30.4 Å². The topological polar surface area (TPSA) is 75.7 Å². The van der Waals surface area contributed by atoms with Gasteiger partial charge in [0.1, 0.15) is 12.3 Å². The maximum atomic E-state index is 13.3. The summed E-state index contributed by atoms with van der Waals surface area (Å²) in [4.78, 5) is 12.8. The Morgan fingerprint density at radius 3 is 2.48 bits per heavy atom. The van der Waals surface area contributed by atoms with Gasteiger partial charge in [0, 0.05) is 24.1 Å². The number of rotatable bonds is 11. The highest BCUT2D eigenvalue weighted by Gasteiger charge is 2.27. The summed E-state index contributed by atoms with van der Waals surface area (Å²) in [5.41, 5.74) is 2.82. The summed E-state index contributed by atoms with van der Waals surface area (Å²) in [6.07, 6.45) is 0. The minimum atomic E-state index is -3.94. The van der Waals surface area contributed by atoms with Gasteiger partial charge in [-0.2, -0.15) is 11.8 Å². The van der Waals surface area contributed by atoms with E-state index in [2.05, 4.69) is 30.4 Å². The second-order valence-electron chi connectivity index (χ2n) is 7.42. The van der Waals surface area contributed by atoms with E-state index in [9.17, 15) is 13.2 Å². The molecule has 33 heavy (non-hydrogen) atoms. The SMILES string of the molecule is COc1cccc(N(CC(=O)NCCSCc2cccc(C)c2)S(=O)(=O)c2ccccc2)c1. The van der Waals surface area contributed by atoms with E-state index < -0.39 is 10.0 Å². The maximum Gasteiger partial charge on any atom is 0.264 e. The molecule has 0 heterocycles. The molecule has 0 aliphatic heterocycles. The first kappa shape index (κ1) is 24.7. The Kier molecular flexibility index (Phi) is 8.79. The van der Waals surface area contributed by atoms with Crippen molar-refractivity contribution in [1.82, 2.24) is 5.32 Å². The molecule has 0 aliphatic rings. The van der Waals surface area contributed by atoms with Crippen LogP contribution in [-0.4, -0.2) is 40.3 Å². The number of methoxy groups -OCH3 is 1. The van der Waals surface area contributed by atoms with Crippen molar-refractivity contribution < 1.29 is 17.9 Å². The Labute approximate surface area is 200 Å². The molecule has 6 nitrogen and oxygen atoms in total. The average molecular weight is 485 g/mol. The number of thioether (sulfide) groups is 1. The van der Waals surface area contributed by atoms with Gasteiger partial charge in [-0.15, -0.1) is 0 Å². The fraction of sp³-hybridized carbons (Fsp3) is 0.240. The van der Waals surface area contributed by atoms with Gasteiger partial charge in [-0.05, 0) is 36.8 Å². The Bertz CT molecular complexity index is 1170. The van der Waals surface area contributed by atoms with E-state index in [0.717, 1.165) is 15.8 Å². The summed E-state index contributed by atoms with van der Waals surface area (Å²) in [6, 6.07) is 23.1. The van der Waals surface area contributed by atoms with Crippen LogP contribution < -0.4 is 14.4 Å². The van der Waals surface area contributed by atoms with E-state index in [1.54, 1.807) is 54.2 Å². The molecule has 3 rings (SSSR count). The quantitative estimate of drug-likeness (QED) is 0.412. The second kappa shape index (κ2) is 11.8. The third kappa shape index (κ3) is 7.00. The van der Waals surface area contributed by atoms with Gasteiger partial charge in [-0.1, -0.05) is 54.1 Å². The van der Waals surface area contributed by atoms with Gasteiger partial charge >= 0.3 is 0 Å². The molecule has 0 atom stereocenters. The minimum Gasteiger partial charge on any atom is -0.497 e. The lowest BCUT2D eigenvalue weighted by molar-refractivity contribution is -0.119. The number of anilines is 1. The molecule has 3 aromatic carbocycles. The van der Waals surface area contributed by atoms with Gasteiger partial charge in [0.2, 0.25) is 5.91 Å². The number of hydrogen-bond acceptors (Lipinski definition) is 5. The number of amides is 1. The lowest BCUT2D eigenvalue weighted by Crippen LogP contribution is -2.41. The van der Waals surface area contributed by atoms with Crippen LogP contribution in [0.3, 0.4) is 0 Å². The average Bonchev–Trinajstić information content (AvgIpc) is 2.83. The standard InChI is InChI=1S/C25H28N2O4S2/c1-20-8-6-9-21(16-20)19-32-15-14-26-25(28)18-27(22-10-7-11-23(17-22)31-2)33(29,30)24-12-4-3-5-13-24/h3-13,16-17H,14-15,18-19H2,1-2H3,(H,26,28). The largest absolute Gasteiger partial charge is 0.497 e. The molecule has 0 fully saturated rings. The van der Waals surface area contributed by atoms with Crippen molar-refractivity contribution in [1.29, 1.82) is 0 Å². The van der Waals surface area contributed by atoms with Gasteiger partial charge in [0.25, 0.3) is 10.0 Å². The Morgan fingerprint density at radius 2 is 1.76 bits per heavy atom. The molecular formula is C25H28N2O4S2. The first-order chi connectivity index (χ1) is 15.9. The fourth-order valence-corrected chi connectivity index (χ4v) is 5.48. The monoisotopic (exact) mass is 484 g/mol. The predicted octanol–water partition coefficient (Wildman–Crippen LogP) is 4.25. The minimum absolute atomic E-state index is 0.120. The van der Waals surface area contributed by atoms with Crippen molar-refractivity contribution in [3.8, 4) is 5.75 Å². The highest BCUT2D eigenvalue weighted by atomic mass is 32.2. The Hall–Kier alpha value is -2.97. The molecule has 0 aliphatic carbocycles. The number of nitrogens with one attached hydrogen (secondary N) is 1. The highest BCUT2D eigenvalue weighted by molar-refractivity contribution is 7.98. The molecule has 0 saturated carbocycles. The normalized spacial score (nSPS) is 11.1.